The van der Waals surface area contributed by atoms with Crippen molar-refractivity contribution in [3.63, 3.8) is 0 Å². The first-order valence-corrected chi connectivity index (χ1v) is 12.3. The number of fused-ring (bicyclic) bond motifs is 1. The first kappa shape index (κ1) is 30.2. The summed E-state index contributed by atoms with van der Waals surface area (Å²) in [7, 11) is 0. The van der Waals surface area contributed by atoms with E-state index >= 15 is 0 Å². The molecule has 4 aromatic rings. The molecular formula is C32H36IrNO3-. The molecule has 0 fully saturated rings. The molecule has 0 saturated carbocycles. The fraction of sp³-hybridized carbons (Fsp3) is 0.312. The monoisotopic (exact) mass is 675 g/mol. The Morgan fingerprint density at radius 3 is 2.19 bits per heavy atom. The van der Waals surface area contributed by atoms with Gasteiger partial charge in [0.2, 0.25) is 0 Å². The van der Waals surface area contributed by atoms with Crippen molar-refractivity contribution in [2.45, 2.75) is 66.7 Å². The number of aliphatic hydroxyl groups is 1. The number of benzene rings is 2. The van der Waals surface area contributed by atoms with Crippen molar-refractivity contribution in [2.24, 2.45) is 0 Å². The second kappa shape index (κ2) is 12.5. The number of allylic oxidation sites excluding steroid dienone is 2. The van der Waals surface area contributed by atoms with Gasteiger partial charge in [-0.2, -0.15) is 0 Å². The van der Waals surface area contributed by atoms with Crippen LogP contribution in [-0.2, 0) is 30.3 Å². The maximum Gasteiger partial charge on any atom is 0.155 e. The third-order valence-electron chi connectivity index (χ3n) is 5.79. The Morgan fingerprint density at radius 2 is 1.68 bits per heavy atom. The molecule has 0 amide bonds. The van der Waals surface area contributed by atoms with Gasteiger partial charge in [-0.3, -0.25) is 9.78 Å². The molecule has 2 aromatic carbocycles. The largest absolute Gasteiger partial charge is 0.512 e. The zero-order chi connectivity index (χ0) is 26.6. The molecule has 0 atom stereocenters. The SMILES string of the molecule is CC(=O)/C=C(/C)O.Cc1[c-]c(-c2ccc3oc(-c4ccc(C(C)C)cc4)cc3n2)cc(C(C)(C)C)c1.[Ir]. The molecule has 0 unspecified atom stereocenters. The van der Waals surface area contributed by atoms with Gasteiger partial charge in [0.05, 0.1) is 11.3 Å². The minimum atomic E-state index is -0.125. The number of hydrogen-bond acceptors (Lipinski definition) is 4. The number of aryl methyl sites for hydroxylation is 1. The number of carbonyl (C=O) groups excluding carboxylic acids is 1. The summed E-state index contributed by atoms with van der Waals surface area (Å²) in [5.74, 6) is 1.31. The molecule has 2 heterocycles. The summed E-state index contributed by atoms with van der Waals surface area (Å²) in [6.45, 7) is 16.0. The number of furan rings is 1. The van der Waals surface area contributed by atoms with E-state index in [1.807, 2.05) is 18.2 Å². The number of hydrogen-bond donors (Lipinski definition) is 1. The van der Waals surface area contributed by atoms with Crippen LogP contribution < -0.4 is 0 Å². The summed E-state index contributed by atoms with van der Waals surface area (Å²) in [6, 6.07) is 22.5. The van der Waals surface area contributed by atoms with Gasteiger partial charge in [0.25, 0.3) is 0 Å². The zero-order valence-electron chi connectivity index (χ0n) is 22.9. The van der Waals surface area contributed by atoms with Crippen molar-refractivity contribution in [3.8, 4) is 22.6 Å². The Bertz CT molecular complexity index is 1390. The molecule has 2 aromatic heterocycles. The Kier molecular flexibility index (Phi) is 10.2. The first-order valence-electron chi connectivity index (χ1n) is 12.3. The van der Waals surface area contributed by atoms with Gasteiger partial charge >= 0.3 is 0 Å². The van der Waals surface area contributed by atoms with E-state index < -0.39 is 0 Å². The Balaban J connectivity index is 0.000000532. The molecule has 0 bridgehead atoms. The average molecular weight is 675 g/mol. The molecule has 37 heavy (non-hydrogen) atoms. The first-order chi connectivity index (χ1) is 16.8. The van der Waals surface area contributed by atoms with Crippen LogP contribution >= 0.6 is 0 Å². The van der Waals surface area contributed by atoms with Crippen molar-refractivity contribution in [2.75, 3.05) is 0 Å². The van der Waals surface area contributed by atoms with Crippen molar-refractivity contribution in [3.05, 3.63) is 89.2 Å². The molecule has 0 aliphatic heterocycles. The molecule has 4 nitrogen and oxygen atoms in total. The number of ketones is 1. The van der Waals surface area contributed by atoms with E-state index in [0.717, 1.165) is 39.2 Å². The van der Waals surface area contributed by atoms with Crippen LogP contribution in [0.25, 0.3) is 33.7 Å². The molecule has 5 heteroatoms. The van der Waals surface area contributed by atoms with E-state index in [-0.39, 0.29) is 37.1 Å². The molecule has 4 rings (SSSR count). The third-order valence-corrected chi connectivity index (χ3v) is 5.79. The van der Waals surface area contributed by atoms with E-state index in [0.29, 0.717) is 5.92 Å². The maximum absolute atomic E-state index is 10.0. The number of carbonyl (C=O) groups is 1. The van der Waals surface area contributed by atoms with E-state index in [9.17, 15) is 4.79 Å². The van der Waals surface area contributed by atoms with Crippen molar-refractivity contribution < 1.29 is 34.4 Å². The van der Waals surface area contributed by atoms with Gasteiger partial charge in [-0.25, -0.2) is 0 Å². The molecule has 197 valence electrons. The summed E-state index contributed by atoms with van der Waals surface area (Å²) in [4.78, 5) is 14.9. The molecule has 0 aliphatic rings. The molecule has 1 N–H and O–H groups in total. The van der Waals surface area contributed by atoms with Crippen LogP contribution in [0.5, 0.6) is 0 Å². The maximum atomic E-state index is 10.0. The van der Waals surface area contributed by atoms with Gasteiger partial charge in [0.15, 0.2) is 11.4 Å². The number of rotatable bonds is 4. The predicted octanol–water partition coefficient (Wildman–Crippen LogP) is 8.73. The summed E-state index contributed by atoms with van der Waals surface area (Å²) in [5.41, 5.74) is 8.55. The number of nitrogens with zero attached hydrogens (tertiary/aromatic N) is 1. The van der Waals surface area contributed by atoms with Crippen LogP contribution in [0.1, 0.15) is 71.1 Å². The average Bonchev–Trinajstić information content (AvgIpc) is 3.21. The minimum Gasteiger partial charge on any atom is -0.512 e. The fourth-order valence-corrected chi connectivity index (χ4v) is 3.83. The second-order valence-electron chi connectivity index (χ2n) is 10.6. The van der Waals surface area contributed by atoms with Crippen LogP contribution in [0, 0.1) is 13.0 Å². The van der Waals surface area contributed by atoms with E-state index in [1.54, 1.807) is 0 Å². The fourth-order valence-electron chi connectivity index (χ4n) is 3.83. The van der Waals surface area contributed by atoms with Crippen LogP contribution in [0.15, 0.2) is 70.8 Å². The standard InChI is InChI=1S/C27H28NO.C5H8O2.Ir/c1-17(2)19-7-9-20(10-8-19)26-16-24-25(29-26)12-11-23(28-24)21-13-18(3)14-22(15-21)27(4,5)6;1-4(6)3-5(2)7;/h7-12,14-17H,1-6H3;3,6H,1-2H3;/q-1;;/b;4-3-;. The smallest absolute Gasteiger partial charge is 0.155 e. The zero-order valence-corrected chi connectivity index (χ0v) is 25.3. The second-order valence-corrected chi connectivity index (χ2v) is 10.6. The van der Waals surface area contributed by atoms with Crippen molar-refractivity contribution in [1.82, 2.24) is 4.98 Å². The minimum absolute atomic E-state index is 0. The molecule has 0 saturated heterocycles. The Hall–Kier alpha value is -3.01. The van der Waals surface area contributed by atoms with Gasteiger partial charge in [-0.1, -0.05) is 71.9 Å². The summed E-state index contributed by atoms with van der Waals surface area (Å²) in [6.07, 6.45) is 1.17. The normalized spacial score (nSPS) is 11.6. The number of pyridine rings is 1. The summed E-state index contributed by atoms with van der Waals surface area (Å²) < 4.78 is 6.07. The number of aromatic nitrogens is 1. The van der Waals surface area contributed by atoms with Crippen LogP contribution in [0.3, 0.4) is 0 Å². The summed E-state index contributed by atoms with van der Waals surface area (Å²) >= 11 is 0. The van der Waals surface area contributed by atoms with E-state index in [2.05, 4.69) is 84.0 Å². The molecule has 1 radical (unpaired) electrons. The number of aliphatic hydroxyl groups excluding tert-OH is 1. The van der Waals surface area contributed by atoms with Gasteiger partial charge < -0.3 is 9.52 Å². The molecule has 0 aliphatic carbocycles. The Labute approximate surface area is 234 Å². The van der Waals surface area contributed by atoms with Gasteiger partial charge in [0.1, 0.15) is 5.76 Å². The van der Waals surface area contributed by atoms with Crippen LogP contribution in [0.4, 0.5) is 0 Å². The van der Waals surface area contributed by atoms with Gasteiger partial charge in [0, 0.05) is 37.8 Å². The molecule has 0 spiro atoms. The van der Waals surface area contributed by atoms with Crippen molar-refractivity contribution in [1.29, 1.82) is 0 Å². The van der Waals surface area contributed by atoms with Gasteiger partial charge in [-0.15, -0.1) is 34.9 Å². The Morgan fingerprint density at radius 1 is 1.03 bits per heavy atom. The summed E-state index contributed by atoms with van der Waals surface area (Å²) in [5, 5.41) is 8.36. The quantitative estimate of drug-likeness (QED) is 0.134. The third kappa shape index (κ3) is 8.24. The van der Waals surface area contributed by atoms with Gasteiger partial charge in [-0.05, 0) is 42.5 Å². The molecular weight excluding hydrogens is 639 g/mol. The topological polar surface area (TPSA) is 63.3 Å². The van der Waals surface area contributed by atoms with Crippen molar-refractivity contribution >= 4 is 16.9 Å². The predicted molar refractivity (Wildman–Crippen MR) is 148 cm³/mol. The van der Waals surface area contributed by atoms with Crippen LogP contribution in [-0.4, -0.2) is 15.9 Å². The van der Waals surface area contributed by atoms with E-state index in [1.165, 1.54) is 31.1 Å². The van der Waals surface area contributed by atoms with Crippen LogP contribution in [0.2, 0.25) is 0 Å². The van der Waals surface area contributed by atoms with E-state index in [4.69, 9.17) is 14.5 Å².